The average molecular weight is 496 g/mol. The zero-order chi connectivity index (χ0) is 28.8. The molecular weight excluding hydrogens is 438 g/mol. The van der Waals surface area contributed by atoms with Crippen LogP contribution in [-0.2, 0) is 4.79 Å². The van der Waals surface area contributed by atoms with Gasteiger partial charge in [0.2, 0.25) is 5.91 Å². The Kier molecular flexibility index (Phi) is 36.0. The average Bonchev–Trinajstić information content (AvgIpc) is 2.90. The lowest BCUT2D eigenvalue weighted by atomic mass is 9.91. The van der Waals surface area contributed by atoms with Crippen LogP contribution in [0.1, 0.15) is 95.4 Å². The molecule has 1 aliphatic heterocycles. The van der Waals surface area contributed by atoms with Gasteiger partial charge in [0.1, 0.15) is 0 Å². The van der Waals surface area contributed by atoms with Crippen LogP contribution in [0.3, 0.4) is 0 Å². The van der Waals surface area contributed by atoms with Gasteiger partial charge in [-0.3, -0.25) is 4.79 Å². The topological polar surface area (TPSA) is 20.3 Å². The summed E-state index contributed by atoms with van der Waals surface area (Å²) < 4.78 is 0. The Labute approximate surface area is 226 Å². The van der Waals surface area contributed by atoms with Gasteiger partial charge >= 0.3 is 0 Å². The second-order valence-electron chi connectivity index (χ2n) is 6.73. The summed E-state index contributed by atoms with van der Waals surface area (Å²) >= 11 is 0. The molecule has 0 aromatic rings. The first-order chi connectivity index (χ1) is 17.5. The maximum atomic E-state index is 12.0. The van der Waals surface area contributed by atoms with E-state index in [0.29, 0.717) is 6.42 Å². The molecular formula is C34H57NO. The van der Waals surface area contributed by atoms with Crippen molar-refractivity contribution in [3.8, 4) is 0 Å². The van der Waals surface area contributed by atoms with Crippen LogP contribution in [0, 0.1) is 0 Å². The lowest BCUT2D eigenvalue weighted by Gasteiger charge is -2.42. The number of nitrogens with zero attached hydrogens (tertiary/aromatic N) is 1. The molecule has 1 aliphatic rings. The summed E-state index contributed by atoms with van der Waals surface area (Å²) in [6, 6.07) is 0.101. The fourth-order valence-corrected chi connectivity index (χ4v) is 3.07. The Morgan fingerprint density at radius 3 is 1.72 bits per heavy atom. The summed E-state index contributed by atoms with van der Waals surface area (Å²) in [6.45, 7) is 29.5. The van der Waals surface area contributed by atoms with Crippen molar-refractivity contribution < 1.29 is 4.79 Å². The molecule has 1 amide bonds. The third-order valence-electron chi connectivity index (χ3n) is 4.33. The van der Waals surface area contributed by atoms with E-state index < -0.39 is 0 Å². The first-order valence-electron chi connectivity index (χ1n) is 13.7. The Balaban J connectivity index is -0.000000270. The molecule has 0 spiro atoms. The van der Waals surface area contributed by atoms with Crippen molar-refractivity contribution >= 4 is 5.91 Å². The highest BCUT2D eigenvalue weighted by molar-refractivity contribution is 5.87. The minimum absolute atomic E-state index is 0.101. The Hall–Kier alpha value is -2.87. The molecule has 1 rings (SSSR count). The maximum Gasteiger partial charge on any atom is 0.230 e. The standard InChI is InChI=1S/C18H23NO.C10H16.3C2H6/c1-5-9-13-16(12-8-4)19-17(14-18(19)20)15(10-6-2)11-7-3;1-4-7-10(8-5-2)9-6-3;3*1-2/h5-13,17H,2,14H2,1,3-4H3;4-5,7-8H,1,6,9H2,2-3H3;3*1-2H3/b9-5-,11-7-,12-8-,15-10+,16-13+;8-5-,10-7+;;;. The molecule has 1 heterocycles. The number of amides is 1. The molecule has 1 unspecified atom stereocenters. The largest absolute Gasteiger partial charge is 0.304 e. The minimum Gasteiger partial charge on any atom is -0.304 e. The fraction of sp³-hybridized carbons (Fsp3) is 0.441. The molecule has 0 aromatic carbocycles. The summed E-state index contributed by atoms with van der Waals surface area (Å²) in [4.78, 5) is 13.8. The Morgan fingerprint density at radius 2 is 1.33 bits per heavy atom. The van der Waals surface area contributed by atoms with Crippen LogP contribution in [0.15, 0.2) is 109 Å². The maximum absolute atomic E-state index is 12.0. The van der Waals surface area contributed by atoms with Gasteiger partial charge in [0.25, 0.3) is 0 Å². The SMILES string of the molecule is C=C/C=C(\C=C/C)C1CC(=O)N1C(/C=C\C)=C/C=C\C.C=C/C=C(\C=C/C)CCC.CC.CC.CC. The fourth-order valence-electron chi connectivity index (χ4n) is 3.07. The van der Waals surface area contributed by atoms with Crippen molar-refractivity contribution in [1.82, 2.24) is 4.90 Å². The third kappa shape index (κ3) is 18.5. The van der Waals surface area contributed by atoms with Crippen molar-refractivity contribution in [2.75, 3.05) is 0 Å². The van der Waals surface area contributed by atoms with E-state index in [1.54, 1.807) is 6.08 Å². The molecule has 2 nitrogen and oxygen atoms in total. The number of hydrogen-bond donors (Lipinski definition) is 0. The van der Waals surface area contributed by atoms with Crippen LogP contribution in [0.25, 0.3) is 0 Å². The first-order valence-corrected chi connectivity index (χ1v) is 13.7. The second kappa shape index (κ2) is 32.1. The van der Waals surface area contributed by atoms with Gasteiger partial charge in [0, 0.05) is 5.70 Å². The van der Waals surface area contributed by atoms with Crippen molar-refractivity contribution in [2.24, 2.45) is 0 Å². The van der Waals surface area contributed by atoms with Crippen LogP contribution in [0.4, 0.5) is 0 Å². The van der Waals surface area contributed by atoms with Gasteiger partial charge in [-0.25, -0.2) is 0 Å². The molecule has 1 fully saturated rings. The zero-order valence-electron chi connectivity index (χ0n) is 25.5. The minimum atomic E-state index is 0.101. The van der Waals surface area contributed by atoms with E-state index >= 15 is 0 Å². The van der Waals surface area contributed by atoms with Crippen LogP contribution >= 0.6 is 0 Å². The highest BCUT2D eigenvalue weighted by Gasteiger charge is 2.38. The molecule has 1 atom stereocenters. The second-order valence-corrected chi connectivity index (χ2v) is 6.73. The van der Waals surface area contributed by atoms with E-state index in [0.717, 1.165) is 17.7 Å². The van der Waals surface area contributed by atoms with Crippen LogP contribution in [0.2, 0.25) is 0 Å². The van der Waals surface area contributed by atoms with Gasteiger partial charge in [0.05, 0.1) is 12.5 Å². The molecule has 0 N–H and O–H groups in total. The predicted octanol–water partition coefficient (Wildman–Crippen LogP) is 10.9. The molecule has 0 radical (unpaired) electrons. The summed E-state index contributed by atoms with van der Waals surface area (Å²) in [6.07, 6.45) is 28.5. The molecule has 36 heavy (non-hydrogen) atoms. The van der Waals surface area contributed by atoms with Crippen molar-refractivity contribution in [1.29, 1.82) is 0 Å². The molecule has 0 bridgehead atoms. The summed E-state index contributed by atoms with van der Waals surface area (Å²) in [7, 11) is 0. The normalized spacial score (nSPS) is 15.8. The van der Waals surface area contributed by atoms with Gasteiger partial charge < -0.3 is 4.90 Å². The summed E-state index contributed by atoms with van der Waals surface area (Å²) in [5.74, 6) is 0.156. The van der Waals surface area contributed by atoms with Gasteiger partial charge in [-0.2, -0.15) is 0 Å². The van der Waals surface area contributed by atoms with Crippen molar-refractivity contribution in [3.63, 3.8) is 0 Å². The number of rotatable bonds is 10. The Bertz CT molecular complexity index is 754. The van der Waals surface area contributed by atoms with Crippen molar-refractivity contribution in [3.05, 3.63) is 109 Å². The van der Waals surface area contributed by atoms with Gasteiger partial charge in [-0.05, 0) is 57.4 Å². The first kappa shape index (κ1) is 40.3. The van der Waals surface area contributed by atoms with E-state index in [2.05, 4.69) is 38.3 Å². The van der Waals surface area contributed by atoms with E-state index in [1.165, 1.54) is 12.0 Å². The monoisotopic (exact) mass is 495 g/mol. The molecule has 2 heteroatoms. The molecule has 0 aromatic heterocycles. The molecule has 0 aliphatic carbocycles. The van der Waals surface area contributed by atoms with E-state index in [9.17, 15) is 4.79 Å². The summed E-state index contributed by atoms with van der Waals surface area (Å²) in [5.41, 5.74) is 3.39. The smallest absolute Gasteiger partial charge is 0.230 e. The number of β-lactam (4-membered cyclic amide) rings is 1. The van der Waals surface area contributed by atoms with Crippen LogP contribution in [-0.4, -0.2) is 16.8 Å². The molecule has 1 saturated heterocycles. The lowest BCUT2D eigenvalue weighted by Crippen LogP contribution is -2.52. The molecule has 204 valence electrons. The highest BCUT2D eigenvalue weighted by atomic mass is 16.2. The van der Waals surface area contributed by atoms with Gasteiger partial charge in [-0.1, -0.05) is 135 Å². The number of hydrogen-bond acceptors (Lipinski definition) is 1. The highest BCUT2D eigenvalue weighted by Crippen LogP contribution is 2.31. The lowest BCUT2D eigenvalue weighted by molar-refractivity contribution is -0.140. The molecule has 0 saturated carbocycles. The number of carbonyl (C=O) groups is 1. The van der Waals surface area contributed by atoms with E-state index in [1.807, 2.05) is 129 Å². The van der Waals surface area contributed by atoms with Gasteiger partial charge in [0.15, 0.2) is 0 Å². The van der Waals surface area contributed by atoms with Gasteiger partial charge in [-0.15, -0.1) is 0 Å². The van der Waals surface area contributed by atoms with Crippen LogP contribution < -0.4 is 0 Å². The third-order valence-corrected chi connectivity index (χ3v) is 4.33. The zero-order valence-corrected chi connectivity index (χ0v) is 25.5. The number of allylic oxidation sites excluding steroid dienone is 13. The number of carbonyl (C=O) groups excluding carboxylic acids is 1. The van der Waals surface area contributed by atoms with E-state index in [-0.39, 0.29) is 11.9 Å². The Morgan fingerprint density at radius 1 is 0.806 bits per heavy atom. The van der Waals surface area contributed by atoms with Crippen molar-refractivity contribution in [2.45, 2.75) is 101 Å². The summed E-state index contributed by atoms with van der Waals surface area (Å²) in [5, 5.41) is 0. The number of likely N-dealkylation sites (tertiary alicyclic amines) is 1. The van der Waals surface area contributed by atoms with E-state index in [4.69, 9.17) is 0 Å². The predicted molar refractivity (Wildman–Crippen MR) is 168 cm³/mol. The quantitative estimate of drug-likeness (QED) is 0.218. The van der Waals surface area contributed by atoms with Crippen LogP contribution in [0.5, 0.6) is 0 Å².